The van der Waals surface area contributed by atoms with Crippen molar-refractivity contribution in [2.45, 2.75) is 167 Å². The fraction of sp³-hybridized carbons (Fsp3) is 0.878. The molecular formula is C41H68N2O9. The van der Waals surface area contributed by atoms with Crippen molar-refractivity contribution >= 4 is 17.7 Å². The number of carbonyl (C=O) groups excluding carboxylic acids is 3. The summed E-state index contributed by atoms with van der Waals surface area (Å²) >= 11 is 0. The molecule has 11 heteroatoms. The van der Waals surface area contributed by atoms with Gasteiger partial charge in [-0.1, -0.05) is 40.2 Å². The maximum Gasteiger partial charge on any atom is 0.309 e. The molecular weight excluding hydrogens is 664 g/mol. The van der Waals surface area contributed by atoms with E-state index in [-0.39, 0.29) is 34.9 Å². The van der Waals surface area contributed by atoms with Gasteiger partial charge in [0.1, 0.15) is 17.8 Å². The average Bonchev–Trinajstić information content (AvgIpc) is 3.36. The van der Waals surface area contributed by atoms with Crippen LogP contribution in [0.3, 0.4) is 0 Å². The van der Waals surface area contributed by atoms with Crippen LogP contribution in [0.4, 0.5) is 0 Å². The zero-order valence-electron chi connectivity index (χ0n) is 32.6. The molecule has 6 N–H and O–H groups in total. The van der Waals surface area contributed by atoms with Crippen LogP contribution in [-0.4, -0.2) is 110 Å². The van der Waals surface area contributed by atoms with Crippen molar-refractivity contribution in [3.05, 3.63) is 11.6 Å². The summed E-state index contributed by atoms with van der Waals surface area (Å²) in [6.45, 7) is 13.0. The van der Waals surface area contributed by atoms with E-state index in [0.29, 0.717) is 83.8 Å². The molecule has 14 atom stereocenters. The zero-order valence-corrected chi connectivity index (χ0v) is 32.6. The van der Waals surface area contributed by atoms with Crippen LogP contribution in [-0.2, 0) is 19.1 Å². The molecule has 0 aromatic carbocycles. The van der Waals surface area contributed by atoms with E-state index >= 15 is 0 Å². The Hall–Kier alpha value is -1.89. The van der Waals surface area contributed by atoms with Crippen molar-refractivity contribution in [3.8, 4) is 0 Å². The minimum absolute atomic E-state index is 0.00550. The second-order valence-corrected chi connectivity index (χ2v) is 18.0. The molecule has 4 fully saturated rings. The number of amides is 1. The van der Waals surface area contributed by atoms with Gasteiger partial charge in [-0.05, 0) is 126 Å². The Bertz CT molecular complexity index is 1320. The van der Waals surface area contributed by atoms with Crippen molar-refractivity contribution in [1.82, 2.24) is 10.2 Å². The first-order chi connectivity index (χ1) is 24.5. The molecule has 5 aliphatic rings. The third-order valence-corrected chi connectivity index (χ3v) is 14.6. The van der Waals surface area contributed by atoms with E-state index in [2.05, 4.69) is 17.1 Å². The highest BCUT2D eigenvalue weighted by molar-refractivity contribution is 5.91. The zero-order chi connectivity index (χ0) is 38.2. The summed E-state index contributed by atoms with van der Waals surface area (Å²) in [4.78, 5) is 41.1. The van der Waals surface area contributed by atoms with Crippen LogP contribution in [0.25, 0.3) is 0 Å². The van der Waals surface area contributed by atoms with Gasteiger partial charge >= 0.3 is 5.97 Å². The minimum atomic E-state index is -1.61. The Balaban J connectivity index is 1.22. The molecule has 0 aromatic rings. The first-order valence-electron chi connectivity index (χ1n) is 20.4. The molecule has 11 nitrogen and oxygen atoms in total. The number of carbonyl (C=O) groups is 3. The molecule has 1 saturated heterocycles. The minimum Gasteiger partial charge on any atom is -0.459 e. The van der Waals surface area contributed by atoms with E-state index in [1.165, 1.54) is 0 Å². The largest absolute Gasteiger partial charge is 0.459 e. The lowest BCUT2D eigenvalue weighted by atomic mass is 9.45. The van der Waals surface area contributed by atoms with Crippen molar-refractivity contribution in [1.29, 1.82) is 0 Å². The third kappa shape index (κ3) is 7.92. The van der Waals surface area contributed by atoms with Gasteiger partial charge in [0.2, 0.25) is 0 Å². The van der Waals surface area contributed by atoms with Gasteiger partial charge in [0.25, 0.3) is 5.91 Å². The van der Waals surface area contributed by atoms with Crippen LogP contribution in [0.1, 0.15) is 125 Å². The van der Waals surface area contributed by atoms with E-state index < -0.39 is 65.4 Å². The number of cyclic esters (lactones) is 1. The number of fused-ring (bicyclic) bond motifs is 5. The fourth-order valence-corrected chi connectivity index (χ4v) is 11.5. The lowest BCUT2D eigenvalue weighted by Gasteiger charge is -2.60. The topological polar surface area (TPSA) is 177 Å². The lowest BCUT2D eigenvalue weighted by Crippen LogP contribution is -2.63. The van der Waals surface area contributed by atoms with Gasteiger partial charge in [-0.15, -0.1) is 0 Å². The van der Waals surface area contributed by atoms with E-state index in [1.807, 2.05) is 33.8 Å². The number of ketones is 1. The number of ether oxygens (including phenoxy) is 1. The summed E-state index contributed by atoms with van der Waals surface area (Å²) in [5.74, 6) is -0.668. The Morgan fingerprint density at radius 1 is 1.00 bits per heavy atom. The van der Waals surface area contributed by atoms with Gasteiger partial charge in [0.05, 0.1) is 24.2 Å². The summed E-state index contributed by atoms with van der Waals surface area (Å²) in [6, 6.07) is -0.498. The number of rotatable bonds is 6. The standard InChI is InChI=1S/C41H68N2O9/c1-7-33-36(48)35(47)26(4)43(18-8-10-28(44)21-24(2)20-25(3)37(49)52-33)19-9-17-42-38(50)41(51)16-14-31-30-12-11-27-22-29(45)13-15-39(27,5)34(30)32(46)23-40(31,41)6/h22,24-26,28,30-36,44,46-48,51H,7-21,23H2,1-6H3,(H,42,50)/t24-,25+,26+,28+,30?,31?,32?,33+,34?,35+,36+,39-,40-,41-/m0/s1. The Labute approximate surface area is 310 Å². The van der Waals surface area contributed by atoms with Crippen LogP contribution in [0.2, 0.25) is 0 Å². The quantitative estimate of drug-likeness (QED) is 0.175. The highest BCUT2D eigenvalue weighted by Crippen LogP contribution is 2.67. The molecule has 0 bridgehead atoms. The number of nitrogens with one attached hydrogen (secondary N) is 1. The van der Waals surface area contributed by atoms with Crippen LogP contribution in [0.5, 0.6) is 0 Å². The number of nitrogens with zero attached hydrogens (tertiary/aromatic N) is 1. The molecule has 4 aliphatic carbocycles. The van der Waals surface area contributed by atoms with Crippen molar-refractivity contribution < 1.29 is 44.7 Å². The third-order valence-electron chi connectivity index (χ3n) is 14.6. The first kappa shape index (κ1) is 41.3. The highest BCUT2D eigenvalue weighted by Gasteiger charge is 2.68. The van der Waals surface area contributed by atoms with E-state index in [0.717, 1.165) is 24.8 Å². The molecule has 4 unspecified atom stereocenters. The van der Waals surface area contributed by atoms with Gasteiger partial charge in [-0.25, -0.2) is 0 Å². The molecule has 0 radical (unpaired) electrons. The average molecular weight is 733 g/mol. The maximum atomic E-state index is 13.9. The van der Waals surface area contributed by atoms with Gasteiger partial charge < -0.3 is 35.6 Å². The fourth-order valence-electron chi connectivity index (χ4n) is 11.5. The van der Waals surface area contributed by atoms with Crippen LogP contribution in [0, 0.1) is 40.4 Å². The second-order valence-electron chi connectivity index (χ2n) is 18.0. The number of aliphatic hydroxyl groups is 5. The molecule has 5 rings (SSSR count). The molecule has 0 aromatic heterocycles. The van der Waals surface area contributed by atoms with E-state index in [9.17, 15) is 39.9 Å². The molecule has 0 spiro atoms. The Morgan fingerprint density at radius 3 is 2.44 bits per heavy atom. The lowest BCUT2D eigenvalue weighted by molar-refractivity contribution is -0.182. The summed E-state index contributed by atoms with van der Waals surface area (Å²) in [7, 11) is 0. The maximum absolute atomic E-state index is 13.9. The number of hydrogen-bond donors (Lipinski definition) is 6. The molecule has 1 aliphatic heterocycles. The predicted octanol–water partition coefficient (Wildman–Crippen LogP) is 3.67. The van der Waals surface area contributed by atoms with E-state index in [4.69, 9.17) is 4.74 Å². The second kappa shape index (κ2) is 16.5. The molecule has 3 saturated carbocycles. The molecule has 1 amide bonds. The van der Waals surface area contributed by atoms with Crippen LogP contribution >= 0.6 is 0 Å². The summed E-state index contributed by atoms with van der Waals surface area (Å²) in [5.41, 5.74) is -1.48. The summed E-state index contributed by atoms with van der Waals surface area (Å²) in [6.07, 6.45) is 4.81. The highest BCUT2D eigenvalue weighted by atomic mass is 16.6. The van der Waals surface area contributed by atoms with Crippen molar-refractivity contribution in [2.24, 2.45) is 40.4 Å². The number of allylic oxidation sites excluding steroid dienone is 1. The summed E-state index contributed by atoms with van der Waals surface area (Å²) in [5, 5.41) is 60.1. The normalized spacial score (nSPS) is 45.4. The van der Waals surface area contributed by atoms with Crippen LogP contribution in [0.15, 0.2) is 11.6 Å². The van der Waals surface area contributed by atoms with Crippen molar-refractivity contribution in [3.63, 3.8) is 0 Å². The van der Waals surface area contributed by atoms with Crippen LogP contribution < -0.4 is 5.32 Å². The van der Waals surface area contributed by atoms with Gasteiger partial charge in [0.15, 0.2) is 5.78 Å². The number of esters is 1. The smallest absolute Gasteiger partial charge is 0.309 e. The molecule has 52 heavy (non-hydrogen) atoms. The predicted molar refractivity (Wildman–Crippen MR) is 197 cm³/mol. The Kier molecular flexibility index (Phi) is 13.1. The van der Waals surface area contributed by atoms with Gasteiger partial charge in [-0.3, -0.25) is 19.3 Å². The first-order valence-corrected chi connectivity index (χ1v) is 20.4. The Morgan fingerprint density at radius 2 is 1.73 bits per heavy atom. The number of hydrogen-bond acceptors (Lipinski definition) is 10. The molecule has 296 valence electrons. The van der Waals surface area contributed by atoms with Gasteiger partial charge in [0, 0.05) is 31.0 Å². The molecule has 1 heterocycles. The SMILES string of the molecule is CC[C@H]1OC(=O)[C@H](C)C[C@H](C)C[C@H](O)CCCN(CCCNC(=O)[C@@]2(O)CCC3C4CCC5=CC(=O)CC[C@]5(C)C4C(O)C[C@@]32C)[C@H](C)[C@@H](O)[C@@H]1O. The summed E-state index contributed by atoms with van der Waals surface area (Å²) < 4.78 is 5.69. The van der Waals surface area contributed by atoms with Gasteiger partial charge in [-0.2, -0.15) is 0 Å². The van der Waals surface area contributed by atoms with E-state index in [1.54, 1.807) is 6.92 Å². The monoisotopic (exact) mass is 732 g/mol. The number of aliphatic hydroxyl groups excluding tert-OH is 4. The van der Waals surface area contributed by atoms with Crippen molar-refractivity contribution in [2.75, 3.05) is 19.6 Å².